The minimum atomic E-state index is -1.77. The number of esters is 1. The van der Waals surface area contributed by atoms with Gasteiger partial charge in [0.2, 0.25) is 0 Å². The summed E-state index contributed by atoms with van der Waals surface area (Å²) in [4.78, 5) is 13.4. The van der Waals surface area contributed by atoms with Gasteiger partial charge in [0.05, 0.1) is 24.4 Å². The lowest BCUT2D eigenvalue weighted by atomic mass is 9.76. The Morgan fingerprint density at radius 1 is 1.05 bits per heavy atom. The van der Waals surface area contributed by atoms with Crippen LogP contribution in [0.3, 0.4) is 0 Å². The number of hydrogen-bond donors (Lipinski definition) is 4. The largest absolute Gasteiger partial charge is 0.456 e. The van der Waals surface area contributed by atoms with Crippen molar-refractivity contribution in [3.8, 4) is 0 Å². The first kappa shape index (κ1) is 37.4. The Bertz CT molecular complexity index is 1040. The molecule has 2 aliphatic rings. The summed E-state index contributed by atoms with van der Waals surface area (Å²) in [5.74, 6) is -4.03. The average Bonchev–Trinajstić information content (AvgIpc) is 2.93. The van der Waals surface area contributed by atoms with Crippen molar-refractivity contribution in [3.05, 3.63) is 47.1 Å². The van der Waals surface area contributed by atoms with Gasteiger partial charge in [-0.15, -0.1) is 0 Å². The highest BCUT2D eigenvalue weighted by molar-refractivity contribution is 5.88. The molecule has 2 heterocycles. The van der Waals surface area contributed by atoms with Crippen molar-refractivity contribution in [2.24, 2.45) is 35.5 Å². The van der Waals surface area contributed by atoms with E-state index in [-0.39, 0.29) is 36.2 Å². The number of carbonyl (C=O) groups excluding carboxylic acids is 1. The Labute approximate surface area is 259 Å². The summed E-state index contributed by atoms with van der Waals surface area (Å²) in [5, 5.41) is 44.9. The zero-order chi connectivity index (χ0) is 32.8. The lowest BCUT2D eigenvalue weighted by molar-refractivity contribution is -0.328. The van der Waals surface area contributed by atoms with Gasteiger partial charge in [0.25, 0.3) is 0 Å². The molecule has 2 rings (SSSR count). The molecule has 0 aromatic rings. The Morgan fingerprint density at radius 2 is 1.67 bits per heavy atom. The summed E-state index contributed by atoms with van der Waals surface area (Å²) in [6, 6.07) is 0. The molecule has 0 saturated carbocycles. The number of aliphatic hydroxyl groups is 4. The zero-order valence-corrected chi connectivity index (χ0v) is 28.2. The molecule has 43 heavy (non-hydrogen) atoms. The molecule has 4 N–H and O–H groups in total. The van der Waals surface area contributed by atoms with E-state index in [4.69, 9.17) is 14.2 Å². The van der Waals surface area contributed by atoms with Gasteiger partial charge in [-0.3, -0.25) is 0 Å². The van der Waals surface area contributed by atoms with Crippen LogP contribution in [0.1, 0.15) is 82.1 Å². The third kappa shape index (κ3) is 9.59. The first-order chi connectivity index (χ1) is 19.9. The Hall–Kier alpha value is -1.81. The van der Waals surface area contributed by atoms with Crippen LogP contribution in [0.15, 0.2) is 47.1 Å². The Balaban J connectivity index is 2.48. The SMILES string of the molecule is COC1/C=C/C=C(\C)CC(C)C(O)C(C)/C=C(C)/C=C(\C)C(=O)OC1C(C)C(O)C(C)C1(O)CC(O)C(C)C(C(C)C)O1. The normalized spacial score (nSPS) is 42.0. The van der Waals surface area contributed by atoms with Gasteiger partial charge in [0, 0.05) is 42.8 Å². The molecule has 2 aliphatic heterocycles. The van der Waals surface area contributed by atoms with Gasteiger partial charge in [0.1, 0.15) is 12.2 Å². The molecule has 12 atom stereocenters. The Morgan fingerprint density at radius 3 is 2.26 bits per heavy atom. The number of hydrogen-bond acceptors (Lipinski definition) is 8. The molecule has 0 radical (unpaired) electrons. The lowest BCUT2D eigenvalue weighted by Crippen LogP contribution is -2.59. The average molecular weight is 607 g/mol. The molecule has 0 aromatic carbocycles. The predicted molar refractivity (Wildman–Crippen MR) is 169 cm³/mol. The van der Waals surface area contributed by atoms with Gasteiger partial charge in [-0.05, 0) is 45.1 Å². The van der Waals surface area contributed by atoms with Crippen LogP contribution in [0.25, 0.3) is 0 Å². The number of cyclic esters (lactones) is 1. The van der Waals surface area contributed by atoms with Crippen LogP contribution in [0.5, 0.6) is 0 Å². The number of aliphatic hydroxyl groups excluding tert-OH is 3. The van der Waals surface area contributed by atoms with Crippen LogP contribution in [0, 0.1) is 35.5 Å². The van der Waals surface area contributed by atoms with Crippen LogP contribution in [-0.2, 0) is 19.0 Å². The van der Waals surface area contributed by atoms with Crippen LogP contribution < -0.4 is 0 Å². The molecule has 0 aliphatic carbocycles. The molecule has 1 fully saturated rings. The molecule has 0 amide bonds. The lowest BCUT2D eigenvalue weighted by Gasteiger charge is -2.49. The van der Waals surface area contributed by atoms with Gasteiger partial charge >= 0.3 is 5.97 Å². The maximum atomic E-state index is 13.4. The molecular formula is C35H58O8. The molecule has 0 aromatic heterocycles. The topological polar surface area (TPSA) is 126 Å². The van der Waals surface area contributed by atoms with E-state index < -0.39 is 54.1 Å². The van der Waals surface area contributed by atoms with Crippen molar-refractivity contribution in [1.82, 2.24) is 0 Å². The molecule has 0 bridgehead atoms. The number of rotatable bonds is 6. The molecule has 8 nitrogen and oxygen atoms in total. The third-order valence-corrected chi connectivity index (χ3v) is 9.48. The summed E-state index contributed by atoms with van der Waals surface area (Å²) >= 11 is 0. The summed E-state index contributed by atoms with van der Waals surface area (Å²) < 4.78 is 18.0. The molecule has 1 saturated heterocycles. The summed E-state index contributed by atoms with van der Waals surface area (Å²) in [5.41, 5.74) is 2.28. The molecular weight excluding hydrogens is 548 g/mol. The zero-order valence-electron chi connectivity index (χ0n) is 28.2. The van der Waals surface area contributed by atoms with Gasteiger partial charge in [-0.2, -0.15) is 0 Å². The number of methoxy groups -OCH3 is 1. The third-order valence-electron chi connectivity index (χ3n) is 9.48. The second-order valence-electron chi connectivity index (χ2n) is 13.7. The highest BCUT2D eigenvalue weighted by atomic mass is 16.6. The number of ether oxygens (including phenoxy) is 3. The fraction of sp³-hybridized carbons (Fsp3) is 0.743. The van der Waals surface area contributed by atoms with E-state index in [1.54, 1.807) is 32.9 Å². The standard InChI is InChI=1S/C35H58O8/c1-19(2)32-25(8)28(36)18-35(40,43-32)27(10)31(38)26(9)33-29(41-11)14-12-13-20(3)15-22(5)30(37)23(6)16-21(4)17-24(7)34(39)42-33/h12-14,16-17,19,22-23,25-33,36-38,40H,15,18H2,1-11H3/b14-12+,20-13+,21-16+,24-17+. The van der Waals surface area contributed by atoms with E-state index in [1.165, 1.54) is 7.11 Å². The van der Waals surface area contributed by atoms with Gasteiger partial charge in [0.15, 0.2) is 5.79 Å². The summed E-state index contributed by atoms with van der Waals surface area (Å²) in [6.45, 7) is 18.9. The van der Waals surface area contributed by atoms with Crippen LogP contribution in [0.2, 0.25) is 0 Å². The van der Waals surface area contributed by atoms with Crippen LogP contribution in [-0.4, -0.2) is 75.9 Å². The van der Waals surface area contributed by atoms with E-state index in [1.807, 2.05) is 66.7 Å². The maximum absolute atomic E-state index is 13.4. The van der Waals surface area contributed by atoms with Gasteiger partial charge in [-0.25, -0.2) is 4.79 Å². The first-order valence-electron chi connectivity index (χ1n) is 15.8. The molecule has 0 spiro atoms. The number of carbonyl (C=O) groups is 1. The van der Waals surface area contributed by atoms with Crippen molar-refractivity contribution in [2.75, 3.05) is 7.11 Å². The van der Waals surface area contributed by atoms with Crippen molar-refractivity contribution < 1.29 is 39.4 Å². The van der Waals surface area contributed by atoms with E-state index in [0.29, 0.717) is 12.0 Å². The minimum absolute atomic E-state index is 0.0267. The van der Waals surface area contributed by atoms with E-state index >= 15 is 0 Å². The van der Waals surface area contributed by atoms with E-state index in [0.717, 1.165) is 11.1 Å². The summed E-state index contributed by atoms with van der Waals surface area (Å²) in [6.07, 6.45) is 5.44. The monoisotopic (exact) mass is 606 g/mol. The smallest absolute Gasteiger partial charge is 0.334 e. The van der Waals surface area contributed by atoms with Crippen molar-refractivity contribution in [2.45, 2.75) is 124 Å². The highest BCUT2D eigenvalue weighted by Crippen LogP contribution is 2.41. The van der Waals surface area contributed by atoms with Crippen molar-refractivity contribution in [3.63, 3.8) is 0 Å². The van der Waals surface area contributed by atoms with Crippen molar-refractivity contribution >= 4 is 5.97 Å². The quantitative estimate of drug-likeness (QED) is 0.308. The molecule has 246 valence electrons. The van der Waals surface area contributed by atoms with E-state index in [9.17, 15) is 25.2 Å². The molecule has 12 unspecified atom stereocenters. The van der Waals surface area contributed by atoms with Crippen LogP contribution >= 0.6 is 0 Å². The van der Waals surface area contributed by atoms with Crippen molar-refractivity contribution in [1.29, 1.82) is 0 Å². The van der Waals surface area contributed by atoms with Gasteiger partial charge in [-0.1, -0.05) is 83.9 Å². The minimum Gasteiger partial charge on any atom is -0.456 e. The highest BCUT2D eigenvalue weighted by Gasteiger charge is 2.51. The van der Waals surface area contributed by atoms with E-state index in [2.05, 4.69) is 0 Å². The number of allylic oxidation sites excluding steroid dienone is 5. The second-order valence-corrected chi connectivity index (χ2v) is 13.7. The fourth-order valence-corrected chi connectivity index (χ4v) is 6.57. The fourth-order valence-electron chi connectivity index (χ4n) is 6.57. The summed E-state index contributed by atoms with van der Waals surface area (Å²) in [7, 11) is 1.52. The predicted octanol–water partition coefficient (Wildman–Crippen LogP) is 5.11. The van der Waals surface area contributed by atoms with Gasteiger partial charge < -0.3 is 34.6 Å². The Kier molecular flexibility index (Phi) is 13.9. The second kappa shape index (κ2) is 16.0. The first-order valence-corrected chi connectivity index (χ1v) is 15.8. The molecule has 8 heteroatoms. The van der Waals surface area contributed by atoms with Crippen LogP contribution in [0.4, 0.5) is 0 Å². The maximum Gasteiger partial charge on any atom is 0.334 e.